The van der Waals surface area contributed by atoms with Gasteiger partial charge in [-0.3, -0.25) is 9.69 Å². The van der Waals surface area contributed by atoms with Crippen molar-refractivity contribution >= 4 is 51.7 Å². The van der Waals surface area contributed by atoms with Gasteiger partial charge in [0, 0.05) is 17.4 Å². The lowest BCUT2D eigenvalue weighted by molar-refractivity contribution is -0.137. The summed E-state index contributed by atoms with van der Waals surface area (Å²) >= 11 is 5.65. The number of carbonyl (C=O) groups is 1. The number of H-pyrrole nitrogens is 1. The molecule has 1 amide bonds. The number of rotatable bonds is 5. The number of hydrogen-bond donors (Lipinski definition) is 2. The average molecular weight is 528 g/mol. The molecule has 0 aliphatic carbocycles. The number of imidazole rings is 1. The highest BCUT2D eigenvalue weighted by Gasteiger charge is 2.34. The number of benzene rings is 2. The number of alkyl halides is 3. The minimum atomic E-state index is -4.74. The van der Waals surface area contributed by atoms with E-state index in [1.807, 2.05) is 0 Å². The molecule has 186 valence electrons. The van der Waals surface area contributed by atoms with Gasteiger partial charge in [0.1, 0.15) is 18.0 Å². The van der Waals surface area contributed by atoms with Crippen LogP contribution in [0.15, 0.2) is 73.4 Å². The first-order valence-corrected chi connectivity index (χ1v) is 10.9. The standard InChI is InChI=1S/C24H14ClF4N7O/c25-16-6-4-13(9-15(16)24(27,28)29)23(37)35-14-5-7-17(26)18(10-14)36(19-3-1-2-8-30-19)22-20-21(32-11-31-20)33-12-34-22/h1-12H,(H,35,37)(H,31,32,33,34). The minimum Gasteiger partial charge on any atom is -0.329 e. The Hall–Kier alpha value is -4.58. The lowest BCUT2D eigenvalue weighted by atomic mass is 10.1. The molecule has 13 heteroatoms. The van der Waals surface area contributed by atoms with E-state index in [0.717, 1.165) is 18.2 Å². The number of halogens is 5. The Morgan fingerprint density at radius 3 is 2.59 bits per heavy atom. The normalized spacial score (nSPS) is 11.5. The smallest absolute Gasteiger partial charge is 0.329 e. The molecule has 0 fully saturated rings. The Bertz CT molecular complexity index is 1610. The van der Waals surface area contributed by atoms with Crippen molar-refractivity contribution < 1.29 is 22.4 Å². The van der Waals surface area contributed by atoms with Crippen LogP contribution in [0, 0.1) is 5.82 Å². The second-order valence-electron chi connectivity index (χ2n) is 7.63. The third-order valence-corrected chi connectivity index (χ3v) is 5.60. The van der Waals surface area contributed by atoms with Crippen LogP contribution in [-0.4, -0.2) is 30.8 Å². The van der Waals surface area contributed by atoms with Gasteiger partial charge in [-0.2, -0.15) is 13.2 Å². The van der Waals surface area contributed by atoms with Gasteiger partial charge in [-0.15, -0.1) is 0 Å². The van der Waals surface area contributed by atoms with E-state index in [1.54, 1.807) is 18.2 Å². The van der Waals surface area contributed by atoms with Crippen molar-refractivity contribution in [1.82, 2.24) is 24.9 Å². The van der Waals surface area contributed by atoms with Gasteiger partial charge >= 0.3 is 6.18 Å². The second-order valence-corrected chi connectivity index (χ2v) is 8.04. The van der Waals surface area contributed by atoms with Crippen molar-refractivity contribution in [2.24, 2.45) is 0 Å². The van der Waals surface area contributed by atoms with Crippen LogP contribution in [0.1, 0.15) is 15.9 Å². The van der Waals surface area contributed by atoms with Gasteiger partial charge in [-0.05, 0) is 48.5 Å². The maximum absolute atomic E-state index is 15.2. The Morgan fingerprint density at radius 1 is 1.00 bits per heavy atom. The monoisotopic (exact) mass is 527 g/mol. The highest BCUT2D eigenvalue weighted by atomic mass is 35.5. The van der Waals surface area contributed by atoms with Crippen LogP contribution in [-0.2, 0) is 6.18 Å². The lowest BCUT2D eigenvalue weighted by Gasteiger charge is -2.24. The Balaban J connectivity index is 1.56. The highest BCUT2D eigenvalue weighted by molar-refractivity contribution is 6.31. The molecule has 0 bridgehead atoms. The fourth-order valence-electron chi connectivity index (χ4n) is 3.60. The quantitative estimate of drug-likeness (QED) is 0.261. The van der Waals surface area contributed by atoms with E-state index < -0.39 is 28.5 Å². The number of carbonyl (C=O) groups excluding carboxylic acids is 1. The fourth-order valence-corrected chi connectivity index (χ4v) is 3.82. The van der Waals surface area contributed by atoms with Crippen LogP contribution >= 0.6 is 11.6 Å². The number of hydrogen-bond acceptors (Lipinski definition) is 6. The van der Waals surface area contributed by atoms with Crippen molar-refractivity contribution in [2.75, 3.05) is 10.2 Å². The third kappa shape index (κ3) is 4.78. The van der Waals surface area contributed by atoms with Crippen molar-refractivity contribution in [3.8, 4) is 0 Å². The number of pyridine rings is 1. The number of fused-ring (bicyclic) bond motifs is 1. The maximum atomic E-state index is 15.2. The molecule has 0 aliphatic heterocycles. The number of aromatic nitrogens is 5. The molecule has 2 aromatic carbocycles. The zero-order chi connectivity index (χ0) is 26.2. The number of amides is 1. The zero-order valence-electron chi connectivity index (χ0n) is 18.5. The molecule has 3 heterocycles. The SMILES string of the molecule is O=C(Nc1ccc(F)c(N(c2ccccn2)c2ncnc3[nH]cnc23)c1)c1ccc(Cl)c(C(F)(F)F)c1. The first-order valence-electron chi connectivity index (χ1n) is 10.6. The molecule has 0 radical (unpaired) electrons. The maximum Gasteiger partial charge on any atom is 0.417 e. The molecule has 2 N–H and O–H groups in total. The number of nitrogens with zero attached hydrogens (tertiary/aromatic N) is 5. The molecular formula is C24H14ClF4N7O. The molecule has 8 nitrogen and oxygen atoms in total. The molecule has 0 atom stereocenters. The van der Waals surface area contributed by atoms with Crippen molar-refractivity contribution in [1.29, 1.82) is 0 Å². The van der Waals surface area contributed by atoms with E-state index in [1.165, 1.54) is 35.9 Å². The molecule has 0 saturated heterocycles. The lowest BCUT2D eigenvalue weighted by Crippen LogP contribution is -2.17. The Morgan fingerprint density at radius 2 is 1.84 bits per heavy atom. The molecule has 5 aromatic rings. The van der Waals surface area contributed by atoms with E-state index in [9.17, 15) is 18.0 Å². The predicted molar refractivity (Wildman–Crippen MR) is 129 cm³/mol. The molecule has 0 saturated carbocycles. The first kappa shape index (κ1) is 24.1. The third-order valence-electron chi connectivity index (χ3n) is 5.27. The summed E-state index contributed by atoms with van der Waals surface area (Å²) in [7, 11) is 0. The largest absolute Gasteiger partial charge is 0.417 e. The first-order chi connectivity index (χ1) is 17.7. The Kier molecular flexibility index (Phi) is 6.17. The van der Waals surface area contributed by atoms with Gasteiger partial charge in [-0.25, -0.2) is 24.3 Å². The van der Waals surface area contributed by atoms with Gasteiger partial charge in [0.05, 0.1) is 22.6 Å². The number of aromatic amines is 1. The van der Waals surface area contributed by atoms with E-state index in [4.69, 9.17) is 11.6 Å². The zero-order valence-corrected chi connectivity index (χ0v) is 19.2. The fraction of sp³-hybridized carbons (Fsp3) is 0.0417. The van der Waals surface area contributed by atoms with E-state index in [0.29, 0.717) is 23.0 Å². The summed E-state index contributed by atoms with van der Waals surface area (Å²) in [4.78, 5) is 33.9. The second kappa shape index (κ2) is 9.47. The van der Waals surface area contributed by atoms with Gasteiger partial charge in [0.25, 0.3) is 5.91 Å². The van der Waals surface area contributed by atoms with Crippen LogP contribution < -0.4 is 10.2 Å². The summed E-state index contributed by atoms with van der Waals surface area (Å²) in [5.41, 5.74) is -0.625. The summed E-state index contributed by atoms with van der Waals surface area (Å²) in [6.07, 6.45) is -0.551. The summed E-state index contributed by atoms with van der Waals surface area (Å²) in [5, 5.41) is 1.96. The Labute approximate surface area is 211 Å². The number of nitrogens with one attached hydrogen (secondary N) is 2. The summed E-state index contributed by atoms with van der Waals surface area (Å²) in [6, 6.07) is 11.5. The molecule has 0 aliphatic rings. The van der Waals surface area contributed by atoms with Crippen LogP contribution in [0.5, 0.6) is 0 Å². The van der Waals surface area contributed by atoms with Crippen molar-refractivity contribution in [3.05, 3.63) is 95.4 Å². The van der Waals surface area contributed by atoms with Crippen molar-refractivity contribution in [3.63, 3.8) is 0 Å². The topological polar surface area (TPSA) is 99.7 Å². The molecule has 5 rings (SSSR count). The van der Waals surface area contributed by atoms with Gasteiger partial charge in [0.15, 0.2) is 17.0 Å². The van der Waals surface area contributed by atoms with Crippen LogP contribution in [0.2, 0.25) is 5.02 Å². The highest BCUT2D eigenvalue weighted by Crippen LogP contribution is 2.38. The summed E-state index contributed by atoms with van der Waals surface area (Å²) in [5.74, 6) is -1.03. The number of anilines is 4. The molecule has 37 heavy (non-hydrogen) atoms. The van der Waals surface area contributed by atoms with Gasteiger partial charge < -0.3 is 10.3 Å². The molecule has 0 spiro atoms. The molecule has 3 aromatic heterocycles. The summed E-state index contributed by atoms with van der Waals surface area (Å²) < 4.78 is 54.9. The van der Waals surface area contributed by atoms with Gasteiger partial charge in [-0.1, -0.05) is 17.7 Å². The molecule has 0 unspecified atom stereocenters. The van der Waals surface area contributed by atoms with Crippen LogP contribution in [0.3, 0.4) is 0 Å². The van der Waals surface area contributed by atoms with Crippen molar-refractivity contribution in [2.45, 2.75) is 6.18 Å². The average Bonchev–Trinajstić information content (AvgIpc) is 3.36. The predicted octanol–water partition coefficient (Wildman–Crippen LogP) is 6.28. The van der Waals surface area contributed by atoms with E-state index in [2.05, 4.69) is 30.2 Å². The van der Waals surface area contributed by atoms with E-state index >= 15 is 4.39 Å². The minimum absolute atomic E-state index is 0.0495. The van der Waals surface area contributed by atoms with Crippen LogP contribution in [0.25, 0.3) is 11.2 Å². The summed E-state index contributed by atoms with van der Waals surface area (Å²) in [6.45, 7) is 0. The molecular weight excluding hydrogens is 514 g/mol. The van der Waals surface area contributed by atoms with E-state index in [-0.39, 0.29) is 22.8 Å². The van der Waals surface area contributed by atoms with Gasteiger partial charge in [0.2, 0.25) is 0 Å². The van der Waals surface area contributed by atoms with Crippen LogP contribution in [0.4, 0.5) is 40.6 Å².